The number of piperidine rings is 1. The smallest absolute Gasteiger partial charge is 0.349 e. The maximum Gasteiger partial charge on any atom is 0.349 e. The molecule has 4 aromatic carbocycles. The van der Waals surface area contributed by atoms with Crippen LogP contribution in [0.25, 0.3) is 0 Å². The topological polar surface area (TPSA) is 336 Å². The quantitative estimate of drug-likeness (QED) is 0.0781. The molecule has 0 unspecified atom stereocenters. The summed E-state index contributed by atoms with van der Waals surface area (Å²) in [4.78, 5) is 106. The number of esters is 4. The van der Waals surface area contributed by atoms with Crippen LogP contribution in [0.15, 0.2) is 97.1 Å². The number of amides is 1. The van der Waals surface area contributed by atoms with Gasteiger partial charge < -0.3 is 60.2 Å². The minimum absolute atomic E-state index is 0. The van der Waals surface area contributed by atoms with Crippen molar-refractivity contribution in [1.82, 2.24) is 10.6 Å². The lowest BCUT2D eigenvalue weighted by molar-refractivity contribution is -0.166. The minimum Gasteiger partial charge on any atom is -0.478 e. The van der Waals surface area contributed by atoms with Crippen molar-refractivity contribution < 1.29 is 92.7 Å². The molecule has 8 N–H and O–H groups in total. The van der Waals surface area contributed by atoms with Gasteiger partial charge in [0.2, 0.25) is 30.3 Å². The monoisotopic (exact) mass is 946 g/mol. The molecule has 0 spiro atoms. The zero-order valence-corrected chi connectivity index (χ0v) is 37.0. The van der Waals surface area contributed by atoms with Gasteiger partial charge in [0, 0.05) is 6.54 Å². The van der Waals surface area contributed by atoms with E-state index in [4.69, 9.17) is 23.7 Å². The molecule has 0 saturated carbocycles. The second kappa shape index (κ2) is 25.6. The van der Waals surface area contributed by atoms with E-state index in [-0.39, 0.29) is 52.4 Å². The molecule has 6 atom stereocenters. The van der Waals surface area contributed by atoms with Gasteiger partial charge in [-0.3, -0.25) is 4.79 Å². The predicted molar refractivity (Wildman–Crippen MR) is 235 cm³/mol. The van der Waals surface area contributed by atoms with Gasteiger partial charge in [-0.1, -0.05) is 70.8 Å². The maximum atomic E-state index is 12.2. The number of carboxylic acids is 4. The summed E-state index contributed by atoms with van der Waals surface area (Å²) in [5.74, 6) is -11.2. The second-order valence-electron chi connectivity index (χ2n) is 15.1. The highest BCUT2D eigenvalue weighted by Gasteiger charge is 2.42. The molecule has 21 nitrogen and oxygen atoms in total. The number of carboxylic acid groups (broad SMARTS) is 4. The van der Waals surface area contributed by atoms with Crippen LogP contribution in [-0.4, -0.2) is 136 Å². The maximum absolute atomic E-state index is 12.2. The van der Waals surface area contributed by atoms with E-state index in [9.17, 15) is 63.6 Å². The summed E-state index contributed by atoms with van der Waals surface area (Å²) < 4.78 is 24.6. The van der Waals surface area contributed by atoms with Crippen LogP contribution in [0.2, 0.25) is 0 Å². The zero-order valence-electron chi connectivity index (χ0n) is 37.0. The fourth-order valence-electron chi connectivity index (χ4n) is 6.07. The van der Waals surface area contributed by atoms with Gasteiger partial charge >= 0.3 is 47.8 Å². The standard InChI is InChI=1S/2C20H18O8.C7H12N2O2.H2O/c2*1-11-3-7-13(8-4-11)19(25)27-15(17(21)22)16(18(23)24)28-20(26)14-9-5-12(2)6-10-14;10-7-4-11-6-1-2-8-3-5(6)9-7;/h2*3-10,15-16H,1-2H3,(H,21,22)(H,23,24);5-6,8H,1-4H2,(H,9,10);1H2/t2*15-,16-;5-,6+;/m001./s1. The molecule has 6 rings (SSSR count). The Kier molecular flexibility index (Phi) is 20.5. The summed E-state index contributed by atoms with van der Waals surface area (Å²) in [6, 6.07) is 24.3. The van der Waals surface area contributed by atoms with Crippen LogP contribution < -0.4 is 10.6 Å². The third kappa shape index (κ3) is 16.2. The summed E-state index contributed by atoms with van der Waals surface area (Å²) in [5, 5.41) is 43.4. The Bertz CT molecular complexity index is 2120. The first-order valence-corrected chi connectivity index (χ1v) is 20.4. The predicted octanol–water partition coefficient (Wildman–Crippen LogP) is 2.49. The first kappa shape index (κ1) is 54.3. The number of ether oxygens (including phenoxy) is 5. The minimum atomic E-state index is -2.22. The van der Waals surface area contributed by atoms with Crippen molar-refractivity contribution in [1.29, 1.82) is 0 Å². The van der Waals surface area contributed by atoms with Gasteiger partial charge in [0.25, 0.3) is 0 Å². The van der Waals surface area contributed by atoms with Crippen molar-refractivity contribution in [2.45, 2.75) is 70.7 Å². The van der Waals surface area contributed by atoms with Crippen LogP contribution in [0.3, 0.4) is 0 Å². The van der Waals surface area contributed by atoms with Crippen molar-refractivity contribution in [2.24, 2.45) is 0 Å². The van der Waals surface area contributed by atoms with Gasteiger partial charge in [-0.25, -0.2) is 38.4 Å². The summed E-state index contributed by atoms with van der Waals surface area (Å²) in [6.07, 6.45) is -7.64. The van der Waals surface area contributed by atoms with Crippen LogP contribution in [0.1, 0.15) is 70.1 Å². The molecule has 0 aliphatic carbocycles. The van der Waals surface area contributed by atoms with Crippen molar-refractivity contribution in [2.75, 3.05) is 19.7 Å². The van der Waals surface area contributed by atoms with E-state index in [1.807, 2.05) is 0 Å². The summed E-state index contributed by atoms with van der Waals surface area (Å²) in [7, 11) is 0. The number of benzene rings is 4. The Morgan fingerprint density at radius 3 is 1.01 bits per heavy atom. The Hall–Kier alpha value is -8.01. The molecular weight excluding hydrogens is 897 g/mol. The van der Waals surface area contributed by atoms with Gasteiger partial charge in [0.05, 0.1) is 34.4 Å². The largest absolute Gasteiger partial charge is 0.478 e. The number of rotatable bonds is 14. The van der Waals surface area contributed by atoms with Crippen molar-refractivity contribution in [3.63, 3.8) is 0 Å². The lowest BCUT2D eigenvalue weighted by Gasteiger charge is -2.35. The molecule has 0 bridgehead atoms. The molecule has 2 fully saturated rings. The van der Waals surface area contributed by atoms with Crippen LogP contribution >= 0.6 is 0 Å². The number of carbonyl (C=O) groups is 9. The first-order valence-electron chi connectivity index (χ1n) is 20.4. The number of carbonyl (C=O) groups excluding carboxylic acids is 5. The van der Waals surface area contributed by atoms with E-state index in [1.54, 1.807) is 76.2 Å². The summed E-state index contributed by atoms with van der Waals surface area (Å²) in [6.45, 7) is 9.25. The molecule has 0 radical (unpaired) electrons. The van der Waals surface area contributed by atoms with Crippen LogP contribution in [0.5, 0.6) is 0 Å². The van der Waals surface area contributed by atoms with E-state index >= 15 is 0 Å². The normalized spacial score (nSPS) is 16.4. The number of aryl methyl sites for hydroxylation is 4. The Balaban J connectivity index is 0.000000291. The molecule has 2 aliphatic rings. The molecule has 2 saturated heterocycles. The van der Waals surface area contributed by atoms with E-state index in [0.717, 1.165) is 41.8 Å². The first-order chi connectivity index (χ1) is 31.7. The Labute approximate surface area is 388 Å². The van der Waals surface area contributed by atoms with E-state index in [1.165, 1.54) is 48.5 Å². The van der Waals surface area contributed by atoms with Gasteiger partial charge in [-0.15, -0.1) is 0 Å². The molecule has 4 aromatic rings. The number of morpholine rings is 1. The van der Waals surface area contributed by atoms with Gasteiger partial charge in [0.15, 0.2) is 0 Å². The zero-order chi connectivity index (χ0) is 49.4. The van der Waals surface area contributed by atoms with Crippen molar-refractivity contribution in [3.05, 3.63) is 142 Å². The summed E-state index contributed by atoms with van der Waals surface area (Å²) in [5.41, 5.74) is 3.58. The molecule has 21 heteroatoms. The highest BCUT2D eigenvalue weighted by Crippen LogP contribution is 2.17. The fraction of sp³-hybridized carbons (Fsp3) is 0.298. The number of hydrogen-bond acceptors (Lipinski definition) is 15. The van der Waals surface area contributed by atoms with Gasteiger partial charge in [-0.05, 0) is 89.2 Å². The molecular formula is C47H50N2O19. The van der Waals surface area contributed by atoms with E-state index < -0.39 is 72.2 Å². The highest BCUT2D eigenvalue weighted by molar-refractivity contribution is 5.96. The molecule has 68 heavy (non-hydrogen) atoms. The lowest BCUT2D eigenvalue weighted by atomic mass is 10.0. The van der Waals surface area contributed by atoms with Gasteiger partial charge in [-0.2, -0.15) is 0 Å². The average Bonchev–Trinajstić information content (AvgIpc) is 3.29. The van der Waals surface area contributed by atoms with Crippen molar-refractivity contribution >= 4 is 53.7 Å². The fourth-order valence-corrected chi connectivity index (χ4v) is 6.07. The third-order valence-corrected chi connectivity index (χ3v) is 9.80. The molecule has 362 valence electrons. The Morgan fingerprint density at radius 2 is 0.765 bits per heavy atom. The molecule has 1 amide bonds. The van der Waals surface area contributed by atoms with Crippen molar-refractivity contribution in [3.8, 4) is 0 Å². The second-order valence-corrected chi connectivity index (χ2v) is 15.1. The highest BCUT2D eigenvalue weighted by atomic mass is 16.6. The SMILES string of the molecule is Cc1ccc(C(=O)O[C@H](C(=O)O)[C@H](OC(=O)c2ccc(C)cc2)C(=O)O)cc1.Cc1ccc(C(=O)O[C@H](C(=O)O)[C@H](OC(=O)c2ccc(C)cc2)C(=O)O)cc1.O.O=C1CO[C@H]2CCNC[C@H]2N1. The van der Waals surface area contributed by atoms with E-state index in [0.29, 0.717) is 0 Å². The van der Waals surface area contributed by atoms with Crippen LogP contribution in [0, 0.1) is 27.7 Å². The number of fused-ring (bicyclic) bond motifs is 1. The molecule has 2 aliphatic heterocycles. The number of hydrogen-bond donors (Lipinski definition) is 6. The third-order valence-electron chi connectivity index (χ3n) is 9.80. The molecule has 2 heterocycles. The van der Waals surface area contributed by atoms with Crippen LogP contribution in [-0.2, 0) is 47.7 Å². The number of aliphatic carboxylic acids is 4. The summed E-state index contributed by atoms with van der Waals surface area (Å²) >= 11 is 0. The number of nitrogens with one attached hydrogen (secondary N) is 2. The van der Waals surface area contributed by atoms with Crippen LogP contribution in [0.4, 0.5) is 0 Å². The average molecular weight is 947 g/mol. The molecule has 0 aromatic heterocycles. The Morgan fingerprint density at radius 1 is 0.500 bits per heavy atom. The lowest BCUT2D eigenvalue weighted by Crippen LogP contribution is -2.59. The van der Waals surface area contributed by atoms with Gasteiger partial charge in [0.1, 0.15) is 6.61 Å². The van der Waals surface area contributed by atoms with E-state index in [2.05, 4.69) is 10.6 Å².